The Morgan fingerprint density at radius 1 is 1.24 bits per heavy atom. The molecule has 2 fully saturated rings. The van der Waals surface area contributed by atoms with Crippen molar-refractivity contribution in [2.45, 2.75) is 55.3 Å². The van der Waals surface area contributed by atoms with E-state index in [0.717, 1.165) is 65.3 Å². The first-order chi connectivity index (χ1) is 16.0. The van der Waals surface area contributed by atoms with Gasteiger partial charge in [-0.15, -0.1) is 0 Å². The van der Waals surface area contributed by atoms with E-state index < -0.39 is 11.0 Å². The number of nitrogens with one attached hydrogen (secondary N) is 1. The molecular weight excluding hydrogens is 416 g/mol. The number of phenolic OH excluding ortho intramolecular Hbond substituents is 1. The summed E-state index contributed by atoms with van der Waals surface area (Å²) in [5.41, 5.74) is 3.98. The number of aromatic nitrogens is 1. The number of rotatable bonds is 3. The van der Waals surface area contributed by atoms with Gasteiger partial charge in [-0.2, -0.15) is 0 Å². The van der Waals surface area contributed by atoms with Gasteiger partial charge in [-0.05, 0) is 73.5 Å². The SMILES string of the molecule is COc1ccc2[nH]c3c(c2c1)C[C@@]1(O)[C@H]2Cc4ccc(O)c5c4[C@@]1(CCN2CC1CC1)[C@H]3O5. The molecule has 6 nitrogen and oxygen atoms in total. The average molecular weight is 445 g/mol. The van der Waals surface area contributed by atoms with Gasteiger partial charge in [0.05, 0.1) is 23.8 Å². The lowest BCUT2D eigenvalue weighted by Gasteiger charge is -2.62. The van der Waals surface area contributed by atoms with Crippen LogP contribution in [-0.2, 0) is 18.3 Å². The number of phenols is 1. The van der Waals surface area contributed by atoms with Crippen molar-refractivity contribution >= 4 is 10.9 Å². The molecule has 2 aromatic carbocycles. The number of nitrogens with zero attached hydrogens (tertiary/aromatic N) is 1. The first-order valence-corrected chi connectivity index (χ1v) is 12.2. The van der Waals surface area contributed by atoms with Crippen LogP contribution < -0.4 is 9.47 Å². The third-order valence-electron chi connectivity index (χ3n) is 9.37. The Morgan fingerprint density at radius 3 is 2.94 bits per heavy atom. The van der Waals surface area contributed by atoms with Crippen LogP contribution in [0.15, 0.2) is 30.3 Å². The van der Waals surface area contributed by atoms with Crippen LogP contribution in [0.1, 0.15) is 47.8 Å². The number of methoxy groups -OCH3 is 1. The normalized spacial score (nSPS) is 33.5. The Hall–Kier alpha value is -2.70. The minimum absolute atomic E-state index is 0.0460. The van der Waals surface area contributed by atoms with Gasteiger partial charge in [0.1, 0.15) is 5.75 Å². The van der Waals surface area contributed by atoms with Crippen molar-refractivity contribution < 1.29 is 19.7 Å². The van der Waals surface area contributed by atoms with E-state index in [9.17, 15) is 10.2 Å². The van der Waals surface area contributed by atoms with Crippen LogP contribution in [-0.4, -0.2) is 51.9 Å². The highest BCUT2D eigenvalue weighted by molar-refractivity contribution is 5.87. The number of H-pyrrole nitrogens is 1. The Morgan fingerprint density at radius 2 is 2.12 bits per heavy atom. The van der Waals surface area contributed by atoms with Crippen LogP contribution in [0.25, 0.3) is 10.9 Å². The molecule has 1 saturated carbocycles. The lowest BCUT2D eigenvalue weighted by Crippen LogP contribution is -2.74. The quantitative estimate of drug-likeness (QED) is 0.576. The van der Waals surface area contributed by atoms with Gasteiger partial charge < -0.3 is 24.7 Å². The smallest absolute Gasteiger partial charge is 0.166 e. The molecule has 6 heteroatoms. The zero-order valence-electron chi connectivity index (χ0n) is 18.7. The van der Waals surface area contributed by atoms with E-state index >= 15 is 0 Å². The predicted octanol–water partition coefficient (Wildman–Crippen LogP) is 3.58. The number of hydrogen-bond acceptors (Lipinski definition) is 5. The second-order valence-corrected chi connectivity index (χ2v) is 10.9. The molecule has 3 aromatic rings. The maximum Gasteiger partial charge on any atom is 0.166 e. The number of benzene rings is 2. The van der Waals surface area contributed by atoms with Crippen LogP contribution in [0, 0.1) is 5.92 Å². The van der Waals surface area contributed by atoms with E-state index in [2.05, 4.69) is 22.0 Å². The molecule has 33 heavy (non-hydrogen) atoms. The Balaban J connectivity index is 1.40. The lowest BCUT2D eigenvalue weighted by molar-refractivity contribution is -0.173. The van der Waals surface area contributed by atoms with Crippen molar-refractivity contribution in [3.05, 3.63) is 52.7 Å². The number of piperidine rings is 1. The van der Waals surface area contributed by atoms with E-state index in [1.807, 2.05) is 12.1 Å². The number of fused-ring (bicyclic) bond motifs is 4. The summed E-state index contributed by atoms with van der Waals surface area (Å²) in [7, 11) is 1.69. The van der Waals surface area contributed by atoms with Gasteiger partial charge in [-0.25, -0.2) is 0 Å². The average Bonchev–Trinajstić information content (AvgIpc) is 3.45. The van der Waals surface area contributed by atoms with Crippen molar-refractivity contribution in [2.75, 3.05) is 20.2 Å². The molecular formula is C27H28N2O4. The molecule has 0 unspecified atom stereocenters. The fourth-order valence-electron chi connectivity index (χ4n) is 7.73. The minimum Gasteiger partial charge on any atom is -0.504 e. The lowest BCUT2D eigenvalue weighted by atomic mass is 9.49. The number of ether oxygens (including phenoxy) is 2. The summed E-state index contributed by atoms with van der Waals surface area (Å²) in [6.45, 7) is 2.03. The molecule has 1 spiro atoms. The van der Waals surface area contributed by atoms with E-state index in [1.165, 1.54) is 18.4 Å². The minimum atomic E-state index is -0.956. The molecule has 8 rings (SSSR count). The Labute approximate surface area is 192 Å². The summed E-state index contributed by atoms with van der Waals surface area (Å²) in [5.74, 6) is 2.34. The highest BCUT2D eigenvalue weighted by Gasteiger charge is 2.72. The Bertz CT molecular complexity index is 1340. The molecule has 1 aromatic heterocycles. The van der Waals surface area contributed by atoms with Crippen molar-refractivity contribution in [2.24, 2.45) is 5.92 Å². The first-order valence-electron chi connectivity index (χ1n) is 12.2. The number of aliphatic hydroxyl groups is 1. The zero-order chi connectivity index (χ0) is 22.1. The molecule has 170 valence electrons. The van der Waals surface area contributed by atoms with Crippen LogP contribution in [0.5, 0.6) is 17.2 Å². The fraction of sp³-hybridized carbons (Fsp3) is 0.481. The maximum atomic E-state index is 12.8. The summed E-state index contributed by atoms with van der Waals surface area (Å²) >= 11 is 0. The first kappa shape index (κ1) is 18.7. The summed E-state index contributed by atoms with van der Waals surface area (Å²) < 4.78 is 12.1. The highest BCUT2D eigenvalue weighted by Crippen LogP contribution is 2.69. The fourth-order valence-corrected chi connectivity index (χ4v) is 7.73. The van der Waals surface area contributed by atoms with Gasteiger partial charge in [0.15, 0.2) is 17.6 Å². The molecule has 2 bridgehead atoms. The van der Waals surface area contributed by atoms with Gasteiger partial charge in [0.25, 0.3) is 0 Å². The van der Waals surface area contributed by atoms with Gasteiger partial charge in [0.2, 0.25) is 0 Å². The number of hydrogen-bond donors (Lipinski definition) is 3. The van der Waals surface area contributed by atoms with Crippen LogP contribution in [0.3, 0.4) is 0 Å². The summed E-state index contributed by atoms with van der Waals surface area (Å²) in [6, 6.07) is 9.95. The van der Waals surface area contributed by atoms with Crippen molar-refractivity contribution in [3.63, 3.8) is 0 Å². The third kappa shape index (κ3) is 2.09. The largest absolute Gasteiger partial charge is 0.504 e. The van der Waals surface area contributed by atoms with E-state index in [1.54, 1.807) is 13.2 Å². The molecule has 5 aliphatic rings. The number of likely N-dealkylation sites (tertiary alicyclic amines) is 1. The second-order valence-electron chi connectivity index (χ2n) is 10.9. The van der Waals surface area contributed by atoms with Crippen LogP contribution in [0.2, 0.25) is 0 Å². The zero-order valence-corrected chi connectivity index (χ0v) is 18.7. The van der Waals surface area contributed by atoms with Crippen molar-refractivity contribution in [1.29, 1.82) is 0 Å². The Kier molecular flexibility index (Phi) is 3.32. The maximum absolute atomic E-state index is 12.8. The van der Waals surface area contributed by atoms with E-state index in [-0.39, 0.29) is 17.9 Å². The second kappa shape index (κ2) is 5.86. The van der Waals surface area contributed by atoms with Gasteiger partial charge in [-0.3, -0.25) is 4.90 Å². The van der Waals surface area contributed by atoms with E-state index in [0.29, 0.717) is 12.2 Å². The monoisotopic (exact) mass is 444 g/mol. The molecule has 3 heterocycles. The molecule has 1 saturated heterocycles. The molecule has 2 aliphatic heterocycles. The van der Waals surface area contributed by atoms with Gasteiger partial charge in [0, 0.05) is 35.5 Å². The van der Waals surface area contributed by atoms with Gasteiger partial charge >= 0.3 is 0 Å². The molecule has 3 N–H and O–H groups in total. The molecule has 3 aliphatic carbocycles. The van der Waals surface area contributed by atoms with Crippen LogP contribution >= 0.6 is 0 Å². The number of aromatic amines is 1. The topological polar surface area (TPSA) is 78.0 Å². The standard InChI is InChI=1S/C27H28N2O4/c1-32-16-5-6-19-17(11-16)18-12-27(31)21-10-15-4-7-20(30)24-22(15)26(27,25(33-24)23(18)28-19)8-9-29(21)13-14-2-3-14/h4-7,11,14,21,25,28,30-31H,2-3,8-10,12-13H2,1H3/t21-,25+,26+,27-/m1/s1. The van der Waals surface area contributed by atoms with E-state index in [4.69, 9.17) is 9.47 Å². The molecule has 4 atom stereocenters. The number of aromatic hydroxyl groups is 1. The molecule has 0 amide bonds. The summed E-state index contributed by atoms with van der Waals surface area (Å²) in [6.07, 6.45) is 4.48. The molecule has 0 radical (unpaired) electrons. The van der Waals surface area contributed by atoms with Crippen molar-refractivity contribution in [3.8, 4) is 17.2 Å². The highest BCUT2D eigenvalue weighted by atomic mass is 16.5. The third-order valence-corrected chi connectivity index (χ3v) is 9.37. The predicted molar refractivity (Wildman–Crippen MR) is 123 cm³/mol. The van der Waals surface area contributed by atoms with Crippen LogP contribution in [0.4, 0.5) is 0 Å². The summed E-state index contributed by atoms with van der Waals surface area (Å²) in [4.78, 5) is 6.20. The summed E-state index contributed by atoms with van der Waals surface area (Å²) in [5, 5.41) is 24.7. The van der Waals surface area contributed by atoms with Gasteiger partial charge in [-0.1, -0.05) is 6.07 Å². The van der Waals surface area contributed by atoms with Crippen molar-refractivity contribution in [1.82, 2.24) is 9.88 Å².